The minimum Gasteiger partial charge on any atom is -0.485 e. The van der Waals surface area contributed by atoms with E-state index >= 15 is 0 Å². The van der Waals surface area contributed by atoms with Crippen LogP contribution < -0.4 is 10.5 Å². The lowest BCUT2D eigenvalue weighted by Crippen LogP contribution is -2.18. The molecular formula is C20H21ClN2O3. The Morgan fingerprint density at radius 1 is 1.19 bits per heavy atom. The molecule has 0 radical (unpaired) electrons. The quantitative estimate of drug-likeness (QED) is 0.756. The predicted octanol–water partition coefficient (Wildman–Crippen LogP) is 3.91. The van der Waals surface area contributed by atoms with Crippen LogP contribution >= 0.6 is 12.4 Å². The number of halogens is 1. The standard InChI is InChI=1S/C20H20N2O3.ClH/c1-22-10-8-18(16-9-11-24-19(16)12-22)25-17-7-6-15(20(21)23)13-4-2-3-5-14(13)17;/h2-7,9,11,18H,8,10,12H2,1H3,(H2,21,23);1H. The number of carbonyl (C=O) groups is 1. The number of nitrogens with two attached hydrogens (primary N) is 1. The minimum absolute atomic E-state index is 0. The van der Waals surface area contributed by atoms with E-state index in [0.29, 0.717) is 5.56 Å². The van der Waals surface area contributed by atoms with Gasteiger partial charge in [0, 0.05) is 29.5 Å². The minimum atomic E-state index is -0.434. The van der Waals surface area contributed by atoms with E-state index in [-0.39, 0.29) is 18.5 Å². The van der Waals surface area contributed by atoms with Gasteiger partial charge in [-0.1, -0.05) is 24.3 Å². The summed E-state index contributed by atoms with van der Waals surface area (Å²) in [5, 5.41) is 1.70. The molecule has 5 nitrogen and oxygen atoms in total. The highest BCUT2D eigenvalue weighted by atomic mass is 35.5. The number of rotatable bonds is 3. The van der Waals surface area contributed by atoms with E-state index < -0.39 is 5.91 Å². The normalized spacial score (nSPS) is 17.2. The number of nitrogens with zero attached hydrogens (tertiary/aromatic N) is 1. The molecule has 0 saturated heterocycles. The van der Waals surface area contributed by atoms with Crippen molar-refractivity contribution in [3.63, 3.8) is 0 Å². The number of hydrogen-bond donors (Lipinski definition) is 1. The number of ether oxygens (including phenoxy) is 1. The first-order valence-electron chi connectivity index (χ1n) is 8.36. The zero-order valence-corrected chi connectivity index (χ0v) is 15.3. The third-order valence-corrected chi connectivity index (χ3v) is 4.73. The Morgan fingerprint density at radius 3 is 2.73 bits per heavy atom. The average molecular weight is 373 g/mol. The monoisotopic (exact) mass is 372 g/mol. The van der Waals surface area contributed by atoms with Crippen LogP contribution in [-0.4, -0.2) is 24.4 Å². The summed E-state index contributed by atoms with van der Waals surface area (Å²) in [4.78, 5) is 13.9. The summed E-state index contributed by atoms with van der Waals surface area (Å²) < 4.78 is 12.0. The third-order valence-electron chi connectivity index (χ3n) is 4.73. The lowest BCUT2D eigenvalue weighted by molar-refractivity contribution is 0.100. The Morgan fingerprint density at radius 2 is 1.96 bits per heavy atom. The van der Waals surface area contributed by atoms with Gasteiger partial charge in [0.1, 0.15) is 17.6 Å². The van der Waals surface area contributed by atoms with E-state index in [0.717, 1.165) is 47.4 Å². The fourth-order valence-electron chi connectivity index (χ4n) is 3.45. The maximum Gasteiger partial charge on any atom is 0.249 e. The summed E-state index contributed by atoms with van der Waals surface area (Å²) in [5.41, 5.74) is 7.10. The maximum absolute atomic E-state index is 11.7. The number of primary amides is 1. The highest BCUT2D eigenvalue weighted by molar-refractivity contribution is 6.07. The number of carbonyl (C=O) groups excluding carboxylic acids is 1. The van der Waals surface area contributed by atoms with Crippen molar-refractivity contribution < 1.29 is 13.9 Å². The zero-order valence-electron chi connectivity index (χ0n) is 14.5. The first kappa shape index (κ1) is 18.3. The Kier molecular flexibility index (Phi) is 5.20. The Balaban J connectivity index is 0.00000196. The molecule has 3 aromatic rings. The number of fused-ring (bicyclic) bond motifs is 2. The lowest BCUT2D eigenvalue weighted by atomic mass is 10.0. The molecule has 2 N–H and O–H groups in total. The molecule has 0 bridgehead atoms. The molecule has 1 atom stereocenters. The average Bonchev–Trinajstić information content (AvgIpc) is 3.00. The summed E-state index contributed by atoms with van der Waals surface area (Å²) in [5.74, 6) is 1.27. The van der Waals surface area contributed by atoms with Crippen LogP contribution in [0.4, 0.5) is 0 Å². The van der Waals surface area contributed by atoms with Gasteiger partial charge in [-0.2, -0.15) is 0 Å². The van der Waals surface area contributed by atoms with Crippen molar-refractivity contribution in [3.8, 4) is 5.75 Å². The fraction of sp³-hybridized carbons (Fsp3) is 0.250. The van der Waals surface area contributed by atoms with Crippen LogP contribution in [0, 0.1) is 0 Å². The van der Waals surface area contributed by atoms with Gasteiger partial charge in [-0.3, -0.25) is 9.69 Å². The van der Waals surface area contributed by atoms with Crippen LogP contribution in [0.25, 0.3) is 10.8 Å². The fourth-order valence-corrected chi connectivity index (χ4v) is 3.45. The van der Waals surface area contributed by atoms with E-state index in [1.165, 1.54) is 0 Å². The highest BCUT2D eigenvalue weighted by Gasteiger charge is 2.25. The Bertz CT molecular complexity index is 938. The van der Waals surface area contributed by atoms with Crippen LogP contribution in [0.2, 0.25) is 0 Å². The molecule has 0 spiro atoms. The molecule has 1 aliphatic rings. The maximum atomic E-state index is 11.7. The van der Waals surface area contributed by atoms with Gasteiger partial charge in [0.05, 0.1) is 12.8 Å². The van der Waals surface area contributed by atoms with Gasteiger partial charge in [-0.15, -0.1) is 12.4 Å². The molecule has 0 fully saturated rings. The molecule has 0 saturated carbocycles. The summed E-state index contributed by atoms with van der Waals surface area (Å²) in [7, 11) is 2.08. The van der Waals surface area contributed by atoms with E-state index in [9.17, 15) is 4.79 Å². The summed E-state index contributed by atoms with van der Waals surface area (Å²) in [6, 6.07) is 13.2. The Hall–Kier alpha value is -2.50. The molecule has 2 aromatic carbocycles. The molecule has 136 valence electrons. The highest BCUT2D eigenvalue weighted by Crippen LogP contribution is 2.35. The molecule has 1 amide bonds. The van der Waals surface area contributed by atoms with Gasteiger partial charge in [0.2, 0.25) is 5.91 Å². The van der Waals surface area contributed by atoms with Gasteiger partial charge in [0.15, 0.2) is 0 Å². The SMILES string of the molecule is CN1CCC(Oc2ccc(C(N)=O)c3ccccc23)c2ccoc2C1.Cl. The van der Waals surface area contributed by atoms with E-state index in [1.54, 1.807) is 12.3 Å². The van der Waals surface area contributed by atoms with Crippen molar-refractivity contribution in [2.75, 3.05) is 13.6 Å². The van der Waals surface area contributed by atoms with Crippen LogP contribution in [-0.2, 0) is 6.54 Å². The molecule has 0 aliphatic carbocycles. The Labute approximate surface area is 158 Å². The molecule has 1 unspecified atom stereocenters. The number of furan rings is 1. The van der Waals surface area contributed by atoms with Crippen LogP contribution in [0.5, 0.6) is 5.75 Å². The van der Waals surface area contributed by atoms with Gasteiger partial charge >= 0.3 is 0 Å². The van der Waals surface area contributed by atoms with E-state index in [4.69, 9.17) is 14.9 Å². The van der Waals surface area contributed by atoms with Crippen LogP contribution in [0.1, 0.15) is 34.2 Å². The number of hydrogen-bond acceptors (Lipinski definition) is 4. The largest absolute Gasteiger partial charge is 0.485 e. The third kappa shape index (κ3) is 3.28. The first-order valence-corrected chi connectivity index (χ1v) is 8.36. The zero-order chi connectivity index (χ0) is 17.4. The molecular weight excluding hydrogens is 352 g/mol. The smallest absolute Gasteiger partial charge is 0.249 e. The molecule has 26 heavy (non-hydrogen) atoms. The topological polar surface area (TPSA) is 68.7 Å². The molecule has 1 aromatic heterocycles. The second-order valence-electron chi connectivity index (χ2n) is 6.45. The lowest BCUT2D eigenvalue weighted by Gasteiger charge is -2.19. The van der Waals surface area contributed by atoms with Crippen molar-refractivity contribution in [2.45, 2.75) is 19.1 Å². The van der Waals surface area contributed by atoms with E-state index in [2.05, 4.69) is 11.9 Å². The van der Waals surface area contributed by atoms with Gasteiger partial charge in [0.25, 0.3) is 0 Å². The first-order chi connectivity index (χ1) is 12.1. The van der Waals surface area contributed by atoms with Gasteiger partial charge in [-0.25, -0.2) is 0 Å². The van der Waals surface area contributed by atoms with Crippen LogP contribution in [0.15, 0.2) is 53.1 Å². The van der Waals surface area contributed by atoms with Crippen molar-refractivity contribution in [2.24, 2.45) is 5.73 Å². The van der Waals surface area contributed by atoms with Gasteiger partial charge in [-0.05, 0) is 30.6 Å². The van der Waals surface area contributed by atoms with Crippen molar-refractivity contribution in [3.05, 3.63) is 65.6 Å². The van der Waals surface area contributed by atoms with E-state index in [1.807, 2.05) is 36.4 Å². The summed E-state index contributed by atoms with van der Waals surface area (Å²) in [6.07, 6.45) is 2.50. The van der Waals surface area contributed by atoms with Crippen molar-refractivity contribution in [1.29, 1.82) is 0 Å². The molecule has 4 rings (SSSR count). The van der Waals surface area contributed by atoms with Gasteiger partial charge < -0.3 is 14.9 Å². The van der Waals surface area contributed by atoms with Crippen LogP contribution in [0.3, 0.4) is 0 Å². The molecule has 1 aliphatic heterocycles. The number of amides is 1. The predicted molar refractivity (Wildman–Crippen MR) is 103 cm³/mol. The second-order valence-corrected chi connectivity index (χ2v) is 6.45. The number of benzene rings is 2. The molecule has 2 heterocycles. The van der Waals surface area contributed by atoms with Crippen molar-refractivity contribution >= 4 is 29.1 Å². The summed E-state index contributed by atoms with van der Waals surface area (Å²) >= 11 is 0. The van der Waals surface area contributed by atoms with Crippen molar-refractivity contribution in [1.82, 2.24) is 4.90 Å². The second kappa shape index (κ2) is 7.40. The molecule has 6 heteroatoms. The summed E-state index contributed by atoms with van der Waals surface area (Å²) in [6.45, 7) is 1.70.